The Morgan fingerprint density at radius 2 is 1.25 bits per heavy atom. The predicted octanol–water partition coefficient (Wildman–Crippen LogP) is 8.31. The van der Waals surface area contributed by atoms with Gasteiger partial charge in [0.2, 0.25) is 0 Å². The summed E-state index contributed by atoms with van der Waals surface area (Å²) in [6.45, 7) is 0. The number of ether oxygens (including phenoxy) is 1. The number of benzene rings is 5. The standard InChI is InChI=1S/C36H21N3O/c1-3-13-27-23(9-1)24-10-2-4-14-28(24)36(27)29-15-5-6-17-32(29)40-34-26(11-7-16-30(34)36)35-38-21-22-18-19-31-25(33(22)39-35)12-8-20-37-31/h1-21H. The van der Waals surface area contributed by atoms with Crippen molar-refractivity contribution in [1.29, 1.82) is 0 Å². The smallest absolute Gasteiger partial charge is 0.163 e. The number of nitrogens with zero attached hydrogens (tertiary/aromatic N) is 3. The highest BCUT2D eigenvalue weighted by atomic mass is 16.5. The highest BCUT2D eigenvalue weighted by molar-refractivity contribution is 6.04. The largest absolute Gasteiger partial charge is 0.456 e. The lowest BCUT2D eigenvalue weighted by Crippen LogP contribution is -2.32. The Bertz CT molecular complexity index is 2120. The van der Waals surface area contributed by atoms with Crippen LogP contribution in [0.1, 0.15) is 22.3 Å². The summed E-state index contributed by atoms with van der Waals surface area (Å²) in [5.74, 6) is 2.28. The van der Waals surface area contributed by atoms with E-state index in [1.807, 2.05) is 36.7 Å². The van der Waals surface area contributed by atoms with Gasteiger partial charge in [0.15, 0.2) is 5.82 Å². The van der Waals surface area contributed by atoms with Gasteiger partial charge in [-0.1, -0.05) is 78.9 Å². The SMILES string of the molecule is c1ccc2c(c1)Oc1c(-c3ncc4ccc5ncccc5c4n3)cccc1C21c2ccccc2-c2ccccc21. The summed E-state index contributed by atoms with van der Waals surface area (Å²) in [4.78, 5) is 14.5. The quantitative estimate of drug-likeness (QED) is 0.208. The second kappa shape index (κ2) is 7.84. The van der Waals surface area contributed by atoms with Crippen molar-refractivity contribution in [2.24, 2.45) is 0 Å². The fourth-order valence-corrected chi connectivity index (χ4v) is 6.83. The van der Waals surface area contributed by atoms with Crippen LogP contribution in [-0.2, 0) is 5.41 Å². The van der Waals surface area contributed by atoms with E-state index >= 15 is 0 Å². The van der Waals surface area contributed by atoms with Crippen LogP contribution in [0.25, 0.3) is 44.3 Å². The molecule has 0 fully saturated rings. The summed E-state index contributed by atoms with van der Waals surface area (Å²) in [6.07, 6.45) is 3.71. The molecule has 1 spiro atoms. The van der Waals surface area contributed by atoms with Gasteiger partial charge in [-0.05, 0) is 58.7 Å². The van der Waals surface area contributed by atoms with Crippen molar-refractivity contribution in [2.45, 2.75) is 5.41 Å². The van der Waals surface area contributed by atoms with Crippen LogP contribution in [0, 0.1) is 0 Å². The molecule has 0 N–H and O–H groups in total. The normalized spacial score (nSPS) is 13.9. The summed E-state index contributed by atoms with van der Waals surface area (Å²) in [5, 5.41) is 1.99. The maximum absolute atomic E-state index is 6.79. The molecular formula is C36H21N3O. The van der Waals surface area contributed by atoms with E-state index in [1.165, 1.54) is 22.3 Å². The molecule has 4 nitrogen and oxygen atoms in total. The minimum atomic E-state index is -0.513. The van der Waals surface area contributed by atoms with E-state index in [0.29, 0.717) is 5.82 Å². The highest BCUT2D eigenvalue weighted by Crippen LogP contribution is 2.62. The fraction of sp³-hybridized carbons (Fsp3) is 0.0278. The Kier molecular flexibility index (Phi) is 4.23. The van der Waals surface area contributed by atoms with Crippen LogP contribution in [0.5, 0.6) is 11.5 Å². The third-order valence-electron chi connectivity index (χ3n) is 8.45. The summed E-state index contributed by atoms with van der Waals surface area (Å²) >= 11 is 0. The van der Waals surface area contributed by atoms with Crippen LogP contribution in [-0.4, -0.2) is 15.0 Å². The number of hydrogen-bond donors (Lipinski definition) is 0. The van der Waals surface area contributed by atoms with E-state index in [2.05, 4.69) is 96.0 Å². The Hall–Kier alpha value is -5.35. The van der Waals surface area contributed by atoms with Gasteiger partial charge < -0.3 is 4.74 Å². The third-order valence-corrected chi connectivity index (χ3v) is 8.45. The molecule has 0 bridgehead atoms. The van der Waals surface area contributed by atoms with Crippen LogP contribution in [0.15, 0.2) is 128 Å². The van der Waals surface area contributed by atoms with Crippen LogP contribution in [0.4, 0.5) is 0 Å². The second-order valence-electron chi connectivity index (χ2n) is 10.4. The molecule has 40 heavy (non-hydrogen) atoms. The molecular weight excluding hydrogens is 490 g/mol. The first-order valence-electron chi connectivity index (χ1n) is 13.4. The Balaban J connectivity index is 1.38. The van der Waals surface area contributed by atoms with E-state index in [9.17, 15) is 0 Å². The molecule has 2 aromatic heterocycles. The zero-order valence-corrected chi connectivity index (χ0v) is 21.4. The zero-order valence-electron chi connectivity index (χ0n) is 21.4. The van der Waals surface area contributed by atoms with E-state index in [4.69, 9.17) is 14.7 Å². The van der Waals surface area contributed by atoms with Crippen LogP contribution in [0.2, 0.25) is 0 Å². The molecule has 0 atom stereocenters. The summed E-state index contributed by atoms with van der Waals surface area (Å²) in [6, 6.07) is 40.4. The topological polar surface area (TPSA) is 47.9 Å². The Morgan fingerprint density at radius 1 is 0.550 bits per heavy atom. The minimum absolute atomic E-state index is 0.513. The molecule has 7 aromatic rings. The molecule has 0 unspecified atom stereocenters. The molecule has 186 valence electrons. The number of fused-ring (bicyclic) bond motifs is 12. The number of rotatable bonds is 1. The number of aromatic nitrogens is 3. The average molecular weight is 512 g/mol. The molecule has 0 saturated heterocycles. The summed E-state index contributed by atoms with van der Waals surface area (Å²) < 4.78 is 6.79. The molecule has 0 saturated carbocycles. The fourth-order valence-electron chi connectivity index (χ4n) is 6.83. The van der Waals surface area contributed by atoms with Gasteiger partial charge in [0.1, 0.15) is 11.5 Å². The van der Waals surface area contributed by atoms with E-state index in [-0.39, 0.29) is 0 Å². The highest BCUT2D eigenvalue weighted by Gasteiger charge is 2.51. The predicted molar refractivity (Wildman–Crippen MR) is 158 cm³/mol. The second-order valence-corrected chi connectivity index (χ2v) is 10.4. The van der Waals surface area contributed by atoms with Gasteiger partial charge >= 0.3 is 0 Å². The maximum atomic E-state index is 6.79. The molecule has 0 radical (unpaired) electrons. The van der Waals surface area contributed by atoms with Crippen molar-refractivity contribution in [1.82, 2.24) is 15.0 Å². The Labute approximate surface area is 230 Å². The van der Waals surface area contributed by atoms with Crippen molar-refractivity contribution >= 4 is 21.8 Å². The van der Waals surface area contributed by atoms with Crippen LogP contribution >= 0.6 is 0 Å². The van der Waals surface area contributed by atoms with Gasteiger partial charge in [0, 0.05) is 34.3 Å². The monoisotopic (exact) mass is 511 g/mol. The number of hydrogen-bond acceptors (Lipinski definition) is 4. The molecule has 4 heteroatoms. The maximum Gasteiger partial charge on any atom is 0.163 e. The summed E-state index contributed by atoms with van der Waals surface area (Å²) in [7, 11) is 0. The van der Waals surface area contributed by atoms with Crippen molar-refractivity contribution in [2.75, 3.05) is 0 Å². The number of para-hydroxylation sites is 2. The first kappa shape index (κ1) is 21.6. The van der Waals surface area contributed by atoms with Crippen LogP contribution in [0.3, 0.4) is 0 Å². The molecule has 0 amide bonds. The van der Waals surface area contributed by atoms with Gasteiger partial charge in [-0.2, -0.15) is 0 Å². The summed E-state index contributed by atoms with van der Waals surface area (Å²) in [5.41, 5.74) is 9.45. The van der Waals surface area contributed by atoms with Gasteiger partial charge in [-0.15, -0.1) is 0 Å². The molecule has 1 aliphatic heterocycles. The lowest BCUT2D eigenvalue weighted by Gasteiger charge is -2.39. The van der Waals surface area contributed by atoms with Gasteiger partial charge in [0.25, 0.3) is 0 Å². The van der Waals surface area contributed by atoms with E-state index in [0.717, 1.165) is 50.0 Å². The molecule has 1 aliphatic carbocycles. The zero-order chi connectivity index (χ0) is 26.3. The van der Waals surface area contributed by atoms with Crippen molar-refractivity contribution in [3.05, 3.63) is 150 Å². The van der Waals surface area contributed by atoms with E-state index in [1.54, 1.807) is 0 Å². The lowest BCUT2D eigenvalue weighted by molar-refractivity contribution is 0.437. The minimum Gasteiger partial charge on any atom is -0.456 e. The van der Waals surface area contributed by atoms with Crippen molar-refractivity contribution in [3.8, 4) is 34.0 Å². The number of pyridine rings is 1. The lowest BCUT2D eigenvalue weighted by atomic mass is 9.66. The van der Waals surface area contributed by atoms with Crippen molar-refractivity contribution in [3.63, 3.8) is 0 Å². The molecule has 3 heterocycles. The third kappa shape index (κ3) is 2.67. The molecule has 5 aromatic carbocycles. The Morgan fingerprint density at radius 3 is 2.08 bits per heavy atom. The molecule has 2 aliphatic rings. The van der Waals surface area contributed by atoms with Crippen molar-refractivity contribution < 1.29 is 4.74 Å². The van der Waals surface area contributed by atoms with Gasteiger partial charge in [-0.25, -0.2) is 9.97 Å². The van der Waals surface area contributed by atoms with Gasteiger partial charge in [-0.3, -0.25) is 4.98 Å². The average Bonchev–Trinajstić information content (AvgIpc) is 3.32. The van der Waals surface area contributed by atoms with E-state index < -0.39 is 5.41 Å². The molecule has 9 rings (SSSR count). The van der Waals surface area contributed by atoms with Gasteiger partial charge in [0.05, 0.1) is 22.0 Å². The van der Waals surface area contributed by atoms with Crippen LogP contribution < -0.4 is 4.74 Å². The first-order valence-corrected chi connectivity index (χ1v) is 13.4. The first-order chi connectivity index (χ1) is 19.8.